The molecule has 21 heavy (non-hydrogen) atoms. The molecule has 1 amide bonds. The highest BCUT2D eigenvalue weighted by Crippen LogP contribution is 2.19. The van der Waals surface area contributed by atoms with E-state index in [1.165, 1.54) is 6.39 Å². The van der Waals surface area contributed by atoms with Crippen molar-refractivity contribution in [3.63, 3.8) is 0 Å². The van der Waals surface area contributed by atoms with Crippen LogP contribution in [0.25, 0.3) is 11.3 Å². The zero-order chi connectivity index (χ0) is 15.8. The smallest absolute Gasteiger partial charge is 0.225 e. The molecule has 0 radical (unpaired) electrons. The molecule has 0 aliphatic rings. The number of amides is 1. The van der Waals surface area contributed by atoms with Crippen LogP contribution in [0.3, 0.4) is 0 Å². The van der Waals surface area contributed by atoms with Crippen LogP contribution >= 0.6 is 0 Å². The number of nitrogens with zero attached hydrogens (tertiary/aromatic N) is 2. The fourth-order valence-corrected chi connectivity index (χ4v) is 1.93. The van der Waals surface area contributed by atoms with Crippen LogP contribution in [0.1, 0.15) is 33.3 Å². The van der Waals surface area contributed by atoms with Crippen LogP contribution < -0.4 is 0 Å². The van der Waals surface area contributed by atoms with Gasteiger partial charge in [0.05, 0.1) is 6.20 Å². The molecule has 1 aromatic carbocycles. The van der Waals surface area contributed by atoms with Gasteiger partial charge >= 0.3 is 0 Å². The minimum Gasteiger partial charge on any atom is -0.444 e. The van der Waals surface area contributed by atoms with Crippen LogP contribution in [0.2, 0.25) is 0 Å². The van der Waals surface area contributed by atoms with Gasteiger partial charge in [0.25, 0.3) is 0 Å². The number of hydrogen-bond donors (Lipinski definition) is 0. The fraction of sp³-hybridized carbons (Fsp3) is 0.412. The molecule has 0 spiro atoms. The second kappa shape index (κ2) is 8.25. The third kappa shape index (κ3) is 4.74. The van der Waals surface area contributed by atoms with E-state index in [1.54, 1.807) is 11.1 Å². The number of carbonyl (C=O) groups excluding carboxylic acids is 1. The largest absolute Gasteiger partial charge is 0.444 e. The number of benzene rings is 1. The summed E-state index contributed by atoms with van der Waals surface area (Å²) in [7, 11) is 1.83. The molecule has 0 unspecified atom stereocenters. The highest BCUT2D eigenvalue weighted by Gasteiger charge is 2.13. The van der Waals surface area contributed by atoms with E-state index in [4.69, 9.17) is 4.42 Å². The second-order valence-corrected chi connectivity index (χ2v) is 4.91. The van der Waals surface area contributed by atoms with E-state index >= 15 is 0 Å². The summed E-state index contributed by atoms with van der Waals surface area (Å²) in [6.45, 7) is 8.44. The standard InChI is InChI=1S/C15H18N2O2.C2H6/c1-11(2)15(18)17(3)9-12-4-6-13(7-5-12)14-8-16-10-19-14;1-2/h4-8,10-11H,9H2,1-3H3;1-2H3. The number of rotatable bonds is 4. The van der Waals surface area contributed by atoms with E-state index in [9.17, 15) is 4.79 Å². The average Bonchev–Trinajstić information content (AvgIpc) is 3.03. The summed E-state index contributed by atoms with van der Waals surface area (Å²) in [5, 5.41) is 0. The molecule has 2 rings (SSSR count). The summed E-state index contributed by atoms with van der Waals surface area (Å²) >= 11 is 0. The van der Waals surface area contributed by atoms with Gasteiger partial charge in [-0.05, 0) is 5.56 Å². The molecule has 4 heteroatoms. The molecular formula is C17H24N2O2. The first-order chi connectivity index (χ1) is 10.1. The first-order valence-corrected chi connectivity index (χ1v) is 7.30. The third-order valence-corrected chi connectivity index (χ3v) is 2.96. The van der Waals surface area contributed by atoms with Gasteiger partial charge in [-0.25, -0.2) is 4.98 Å². The monoisotopic (exact) mass is 288 g/mol. The number of carbonyl (C=O) groups is 1. The Morgan fingerprint density at radius 2 is 1.86 bits per heavy atom. The normalized spacial score (nSPS) is 10.0. The lowest BCUT2D eigenvalue weighted by molar-refractivity contribution is -0.133. The van der Waals surface area contributed by atoms with Gasteiger partial charge in [-0.2, -0.15) is 0 Å². The Kier molecular flexibility index (Phi) is 6.66. The molecule has 2 aromatic rings. The van der Waals surface area contributed by atoms with E-state index in [-0.39, 0.29) is 11.8 Å². The maximum atomic E-state index is 11.8. The molecule has 0 aliphatic heterocycles. The summed E-state index contributed by atoms with van der Waals surface area (Å²) in [6.07, 6.45) is 3.10. The van der Waals surface area contributed by atoms with Gasteiger partial charge in [0.15, 0.2) is 12.2 Å². The minimum absolute atomic E-state index is 0.0264. The number of hydrogen-bond acceptors (Lipinski definition) is 3. The molecule has 0 bridgehead atoms. The molecule has 0 fully saturated rings. The van der Waals surface area contributed by atoms with Crippen LogP contribution in [0, 0.1) is 5.92 Å². The number of oxazole rings is 1. The van der Waals surface area contributed by atoms with Crippen molar-refractivity contribution < 1.29 is 9.21 Å². The Labute approximate surface area is 126 Å². The molecule has 0 aliphatic carbocycles. The Balaban J connectivity index is 0.00000106. The number of aromatic nitrogens is 1. The highest BCUT2D eigenvalue weighted by molar-refractivity contribution is 5.77. The van der Waals surface area contributed by atoms with E-state index in [0.29, 0.717) is 6.54 Å². The van der Waals surface area contributed by atoms with Crippen molar-refractivity contribution in [3.05, 3.63) is 42.4 Å². The van der Waals surface area contributed by atoms with Gasteiger partial charge < -0.3 is 9.32 Å². The molecule has 0 atom stereocenters. The summed E-state index contributed by atoms with van der Waals surface area (Å²) in [5.74, 6) is 0.927. The third-order valence-electron chi connectivity index (χ3n) is 2.96. The molecular weight excluding hydrogens is 264 g/mol. The molecule has 0 saturated heterocycles. The Morgan fingerprint density at radius 1 is 1.24 bits per heavy atom. The van der Waals surface area contributed by atoms with Crippen LogP contribution in [0.15, 0.2) is 41.3 Å². The van der Waals surface area contributed by atoms with Gasteiger partial charge in [0.2, 0.25) is 5.91 Å². The van der Waals surface area contributed by atoms with Gasteiger partial charge in [-0.15, -0.1) is 0 Å². The molecule has 0 saturated carbocycles. The predicted molar refractivity (Wildman–Crippen MR) is 84.6 cm³/mol. The van der Waals surface area contributed by atoms with Crippen molar-refractivity contribution in [2.24, 2.45) is 5.92 Å². The van der Waals surface area contributed by atoms with Crippen molar-refractivity contribution >= 4 is 5.91 Å². The summed E-state index contributed by atoms with van der Waals surface area (Å²) in [6, 6.07) is 7.96. The Morgan fingerprint density at radius 3 is 2.33 bits per heavy atom. The molecule has 114 valence electrons. The second-order valence-electron chi connectivity index (χ2n) is 4.91. The summed E-state index contributed by atoms with van der Waals surface area (Å²) in [5.41, 5.74) is 2.08. The van der Waals surface area contributed by atoms with Crippen molar-refractivity contribution in [3.8, 4) is 11.3 Å². The first-order valence-electron chi connectivity index (χ1n) is 7.30. The van der Waals surface area contributed by atoms with Gasteiger partial charge in [-0.1, -0.05) is 52.0 Å². The predicted octanol–water partition coefficient (Wildman–Crippen LogP) is 3.98. The van der Waals surface area contributed by atoms with Crippen molar-refractivity contribution in [2.75, 3.05) is 7.05 Å². The van der Waals surface area contributed by atoms with Crippen molar-refractivity contribution in [2.45, 2.75) is 34.2 Å². The van der Waals surface area contributed by atoms with Gasteiger partial charge in [0, 0.05) is 25.1 Å². The van der Waals surface area contributed by atoms with Crippen LogP contribution in [-0.4, -0.2) is 22.8 Å². The molecule has 4 nitrogen and oxygen atoms in total. The van der Waals surface area contributed by atoms with Gasteiger partial charge in [-0.3, -0.25) is 4.79 Å². The van der Waals surface area contributed by atoms with Gasteiger partial charge in [0.1, 0.15) is 0 Å². The van der Waals surface area contributed by atoms with Crippen LogP contribution in [-0.2, 0) is 11.3 Å². The quantitative estimate of drug-likeness (QED) is 0.854. The Hall–Kier alpha value is -2.10. The maximum absolute atomic E-state index is 11.8. The van der Waals surface area contributed by atoms with Crippen molar-refractivity contribution in [1.29, 1.82) is 0 Å². The molecule has 1 heterocycles. The minimum atomic E-state index is 0.0264. The average molecular weight is 288 g/mol. The lowest BCUT2D eigenvalue weighted by Crippen LogP contribution is -2.29. The maximum Gasteiger partial charge on any atom is 0.225 e. The summed E-state index contributed by atoms with van der Waals surface area (Å²) in [4.78, 5) is 17.4. The van der Waals surface area contributed by atoms with Crippen molar-refractivity contribution in [1.82, 2.24) is 9.88 Å². The summed E-state index contributed by atoms with van der Waals surface area (Å²) < 4.78 is 5.23. The highest BCUT2D eigenvalue weighted by atomic mass is 16.3. The zero-order valence-corrected chi connectivity index (χ0v) is 13.5. The first kappa shape index (κ1) is 17.0. The topological polar surface area (TPSA) is 46.3 Å². The van der Waals surface area contributed by atoms with E-state index in [2.05, 4.69) is 4.98 Å². The van der Waals surface area contributed by atoms with E-state index < -0.39 is 0 Å². The lowest BCUT2D eigenvalue weighted by atomic mass is 10.1. The Bertz CT molecular complexity index is 530. The lowest BCUT2D eigenvalue weighted by Gasteiger charge is -2.19. The SMILES string of the molecule is CC.CC(C)C(=O)N(C)Cc1ccc(-c2cnco2)cc1. The van der Waals surface area contributed by atoms with Crippen LogP contribution in [0.5, 0.6) is 0 Å². The van der Waals surface area contributed by atoms with E-state index in [0.717, 1.165) is 16.9 Å². The molecule has 0 N–H and O–H groups in total. The fourth-order valence-electron chi connectivity index (χ4n) is 1.93. The van der Waals surface area contributed by atoms with Crippen LogP contribution in [0.4, 0.5) is 0 Å². The zero-order valence-electron chi connectivity index (χ0n) is 13.5. The van der Waals surface area contributed by atoms with E-state index in [1.807, 2.05) is 59.0 Å². The molecule has 1 aromatic heterocycles.